The molecule has 1 aliphatic heterocycles. The van der Waals surface area contributed by atoms with Crippen LogP contribution in [0.25, 0.3) is 70.4 Å². The number of thiophene rings is 1. The Bertz CT molecular complexity index is 3940. The number of hydrogen-bond donors (Lipinski definition) is 0. The average Bonchev–Trinajstić information content (AvgIpc) is 4.10. The average molecular weight is 1180 g/mol. The summed E-state index contributed by atoms with van der Waals surface area (Å²) in [5.41, 5.74) is 16.4. The molecule has 0 spiro atoms. The molecule has 376 valence electrons. The van der Waals surface area contributed by atoms with E-state index in [1.807, 2.05) is 23.6 Å². The summed E-state index contributed by atoms with van der Waals surface area (Å²) in [6.45, 7) is 22.6. The number of rotatable bonds is 8. The Hall–Kier alpha value is -7.24. The molecular weight excluding hydrogens is 1120 g/mol. The Labute approximate surface area is 460 Å². The molecule has 3 aromatic heterocycles. The molecule has 0 amide bonds. The van der Waals surface area contributed by atoms with Gasteiger partial charge in [-0.15, -0.1) is 59.6 Å². The van der Waals surface area contributed by atoms with Gasteiger partial charge in [0.15, 0.2) is 0 Å². The van der Waals surface area contributed by atoms with Crippen molar-refractivity contribution in [3.8, 4) is 50.7 Å². The van der Waals surface area contributed by atoms with Crippen molar-refractivity contribution in [2.75, 3.05) is 9.80 Å². The summed E-state index contributed by atoms with van der Waals surface area (Å²) in [5, 5.41) is 2.31. The van der Waals surface area contributed by atoms with Crippen molar-refractivity contribution in [1.29, 1.82) is 0 Å². The summed E-state index contributed by atoms with van der Waals surface area (Å²) in [5.74, 6) is 2.08. The van der Waals surface area contributed by atoms with Gasteiger partial charge >= 0.3 is 0 Å². The summed E-state index contributed by atoms with van der Waals surface area (Å²) in [6, 6.07) is 73.2. The maximum atomic E-state index is 7.00. The van der Waals surface area contributed by atoms with Crippen molar-refractivity contribution in [2.45, 2.75) is 78.6 Å². The molecular formula is C68H59N4OPtS-3. The van der Waals surface area contributed by atoms with Crippen LogP contribution in [-0.2, 0) is 37.3 Å². The molecule has 7 heteroatoms. The fourth-order valence-electron chi connectivity index (χ4n) is 10.3. The maximum Gasteiger partial charge on any atom is 0.135 e. The van der Waals surface area contributed by atoms with Crippen molar-refractivity contribution in [2.24, 2.45) is 0 Å². The molecule has 0 aliphatic carbocycles. The number of ether oxygens (including phenoxy) is 1. The van der Waals surface area contributed by atoms with Gasteiger partial charge in [-0.25, -0.2) is 4.98 Å². The number of fused-ring (bicyclic) bond motifs is 6. The van der Waals surface area contributed by atoms with Crippen LogP contribution in [0.4, 0.5) is 22.7 Å². The number of pyridine rings is 1. The van der Waals surface area contributed by atoms with E-state index < -0.39 is 0 Å². The minimum absolute atomic E-state index is 0. The van der Waals surface area contributed by atoms with Crippen LogP contribution in [0, 0.1) is 18.8 Å². The number of para-hydroxylation sites is 3. The first-order valence-corrected chi connectivity index (χ1v) is 26.4. The SMILES string of the molecule is CC(C)(C)c1cc(Oc2[c-]c3c(cc2)c2sc4ccccc4c2n3-c2cc(C(C)(C)C)ccn2)[c-]c(N2[CH-]N(c3c(-c4cccc(-c5ccccc5)c4)cccc3-c3cccc(C(C)(C)C)c3)c3ccccc32)c1.[Pt]. The van der Waals surface area contributed by atoms with Gasteiger partial charge in [0, 0.05) is 81.7 Å². The molecule has 11 aromatic rings. The van der Waals surface area contributed by atoms with E-state index in [-0.39, 0.29) is 37.3 Å². The van der Waals surface area contributed by atoms with Gasteiger partial charge in [-0.05, 0) is 86.0 Å². The van der Waals surface area contributed by atoms with Crippen LogP contribution in [-0.4, -0.2) is 9.55 Å². The van der Waals surface area contributed by atoms with Crippen LogP contribution in [0.5, 0.6) is 11.5 Å². The normalized spacial score (nSPS) is 12.9. The first kappa shape index (κ1) is 49.9. The van der Waals surface area contributed by atoms with Crippen LogP contribution in [0.1, 0.15) is 79.0 Å². The third kappa shape index (κ3) is 9.27. The molecule has 5 nitrogen and oxygen atoms in total. The molecule has 0 atom stereocenters. The second-order valence-electron chi connectivity index (χ2n) is 22.6. The van der Waals surface area contributed by atoms with Gasteiger partial charge < -0.3 is 19.1 Å². The van der Waals surface area contributed by atoms with Crippen molar-refractivity contribution in [3.63, 3.8) is 0 Å². The molecule has 0 unspecified atom stereocenters. The maximum absolute atomic E-state index is 7.00. The second-order valence-corrected chi connectivity index (χ2v) is 23.7. The first-order valence-electron chi connectivity index (χ1n) is 25.6. The number of aromatic nitrogens is 2. The van der Waals surface area contributed by atoms with Crippen molar-refractivity contribution in [1.82, 2.24) is 9.55 Å². The third-order valence-electron chi connectivity index (χ3n) is 14.4. The number of nitrogens with zero attached hydrogens (tertiary/aromatic N) is 4. The quantitative estimate of drug-likeness (QED) is 0.142. The van der Waals surface area contributed by atoms with Gasteiger partial charge in [-0.1, -0.05) is 195 Å². The molecule has 0 bridgehead atoms. The van der Waals surface area contributed by atoms with Crippen molar-refractivity contribution in [3.05, 3.63) is 224 Å². The zero-order valence-electron chi connectivity index (χ0n) is 43.9. The van der Waals surface area contributed by atoms with Gasteiger partial charge in [0.1, 0.15) is 5.82 Å². The molecule has 0 fully saturated rings. The largest absolute Gasteiger partial charge is 0.509 e. The number of hydrogen-bond acceptors (Lipinski definition) is 5. The van der Waals surface area contributed by atoms with Gasteiger partial charge in [0.2, 0.25) is 0 Å². The molecule has 0 N–H and O–H groups in total. The Kier molecular flexibility index (Phi) is 12.8. The van der Waals surface area contributed by atoms with Crippen LogP contribution in [0.15, 0.2) is 188 Å². The minimum atomic E-state index is -0.208. The van der Waals surface area contributed by atoms with Crippen molar-refractivity contribution < 1.29 is 25.8 Å². The van der Waals surface area contributed by atoms with Gasteiger partial charge in [-0.2, -0.15) is 6.07 Å². The van der Waals surface area contributed by atoms with E-state index in [9.17, 15) is 0 Å². The van der Waals surface area contributed by atoms with E-state index in [0.29, 0.717) is 11.5 Å². The summed E-state index contributed by atoms with van der Waals surface area (Å²) in [7, 11) is 0. The van der Waals surface area contributed by atoms with Crippen LogP contribution < -0.4 is 14.5 Å². The molecule has 0 saturated heterocycles. The first-order chi connectivity index (χ1) is 35.6. The Morgan fingerprint density at radius 1 is 0.493 bits per heavy atom. The molecule has 1 aliphatic rings. The van der Waals surface area contributed by atoms with Crippen LogP contribution in [0.3, 0.4) is 0 Å². The predicted octanol–water partition coefficient (Wildman–Crippen LogP) is 19.1. The molecule has 75 heavy (non-hydrogen) atoms. The monoisotopic (exact) mass is 1170 g/mol. The summed E-state index contributed by atoms with van der Waals surface area (Å²) >= 11 is 1.81. The fourth-order valence-corrected chi connectivity index (χ4v) is 11.5. The van der Waals surface area contributed by atoms with E-state index in [4.69, 9.17) is 9.72 Å². The van der Waals surface area contributed by atoms with E-state index in [2.05, 4.69) is 271 Å². The van der Waals surface area contributed by atoms with E-state index >= 15 is 0 Å². The second kappa shape index (κ2) is 19.2. The fraction of sp³-hybridized carbons (Fsp3) is 0.176. The zero-order chi connectivity index (χ0) is 51.1. The van der Waals surface area contributed by atoms with E-state index in [1.165, 1.54) is 42.6 Å². The van der Waals surface area contributed by atoms with Gasteiger partial charge in [-0.3, -0.25) is 0 Å². The minimum Gasteiger partial charge on any atom is -0.509 e. The molecule has 12 rings (SSSR count). The summed E-state index contributed by atoms with van der Waals surface area (Å²) < 4.78 is 11.7. The zero-order valence-corrected chi connectivity index (χ0v) is 47.0. The van der Waals surface area contributed by atoms with Gasteiger partial charge in [0.05, 0.1) is 5.52 Å². The predicted molar refractivity (Wildman–Crippen MR) is 312 cm³/mol. The third-order valence-corrected chi connectivity index (χ3v) is 15.6. The smallest absolute Gasteiger partial charge is 0.135 e. The Balaban J connectivity index is 0.00000602. The van der Waals surface area contributed by atoms with Crippen molar-refractivity contribution >= 4 is 65.3 Å². The molecule has 8 aromatic carbocycles. The number of anilines is 4. The van der Waals surface area contributed by atoms with Crippen LogP contribution in [0.2, 0.25) is 0 Å². The van der Waals surface area contributed by atoms with E-state index in [1.54, 1.807) is 0 Å². The number of benzene rings is 8. The standard InChI is InChI=1S/C68H59N4OS.Pt/c1-66(2,3)48-25-18-24-47(37-48)55-28-19-27-54(46-23-17-22-45(36-46)44-20-11-10-12-21-44)63(55)71-43-70(58-29-14-15-30-59(58)71)51-38-50(68(7,8)9)39-53(41-51)73-52-32-33-56-60(42-52)72(62-40-49(34-35-69-62)67(4,5)6)64-57-26-13-16-31-61(57)74-65(56)64;/h10-40,43H,1-9H3;/q-3;. The molecule has 0 radical (unpaired) electrons. The van der Waals surface area contributed by atoms with E-state index in [0.717, 1.165) is 67.2 Å². The summed E-state index contributed by atoms with van der Waals surface area (Å²) in [4.78, 5) is 9.65. The Morgan fingerprint density at radius 3 is 1.84 bits per heavy atom. The topological polar surface area (TPSA) is 33.5 Å². The molecule has 0 saturated carbocycles. The summed E-state index contributed by atoms with van der Waals surface area (Å²) in [6.07, 6.45) is 1.93. The molecule has 4 heterocycles. The Morgan fingerprint density at radius 2 is 1.11 bits per heavy atom. The van der Waals surface area contributed by atoms with Gasteiger partial charge in [0.25, 0.3) is 0 Å². The van der Waals surface area contributed by atoms with Crippen LogP contribution >= 0.6 is 11.3 Å².